The number of carbonyl (C=O) groups is 2. The first-order chi connectivity index (χ1) is 9.97. The Kier molecular flexibility index (Phi) is 3.22. The molecule has 0 fully saturated rings. The molecule has 21 heavy (non-hydrogen) atoms. The fourth-order valence-corrected chi connectivity index (χ4v) is 2.67. The predicted octanol–water partition coefficient (Wildman–Crippen LogP) is 2.48. The molecule has 0 unspecified atom stereocenters. The lowest BCUT2D eigenvalue weighted by Gasteiger charge is -2.18. The van der Waals surface area contributed by atoms with Crippen LogP contribution >= 0.6 is 11.6 Å². The number of anilines is 1. The van der Waals surface area contributed by atoms with Crippen LogP contribution in [0.2, 0.25) is 5.15 Å². The lowest BCUT2D eigenvalue weighted by Crippen LogP contribution is -2.30. The molecular formula is C15H12ClN3O2. The predicted molar refractivity (Wildman–Crippen MR) is 78.5 cm³/mol. The van der Waals surface area contributed by atoms with Gasteiger partial charge in [-0.2, -0.15) is 5.10 Å². The summed E-state index contributed by atoms with van der Waals surface area (Å²) in [6, 6.07) is 6.99. The summed E-state index contributed by atoms with van der Waals surface area (Å²) < 4.78 is 0. The summed E-state index contributed by atoms with van der Waals surface area (Å²) in [6.07, 6.45) is 0. The van der Waals surface area contributed by atoms with E-state index in [0.717, 1.165) is 11.1 Å². The number of aromatic nitrogens is 2. The monoisotopic (exact) mass is 301 g/mol. The van der Waals surface area contributed by atoms with Crippen molar-refractivity contribution in [3.8, 4) is 0 Å². The maximum atomic E-state index is 12.2. The highest BCUT2D eigenvalue weighted by Crippen LogP contribution is 2.34. The number of fused-ring (bicyclic) bond motifs is 1. The number of hydrogen-bond donors (Lipinski definition) is 0. The van der Waals surface area contributed by atoms with Gasteiger partial charge in [0.2, 0.25) is 0 Å². The molecule has 0 bridgehead atoms. The highest BCUT2D eigenvalue weighted by Gasteiger charge is 2.37. The van der Waals surface area contributed by atoms with Crippen LogP contribution in [0.3, 0.4) is 0 Å². The van der Waals surface area contributed by atoms with Crippen molar-refractivity contribution in [2.24, 2.45) is 0 Å². The van der Waals surface area contributed by atoms with Gasteiger partial charge in [0.1, 0.15) is 0 Å². The fraction of sp³-hybridized carbons (Fsp3) is 0.200. The van der Waals surface area contributed by atoms with Crippen LogP contribution in [0.15, 0.2) is 24.3 Å². The van der Waals surface area contributed by atoms with Gasteiger partial charge in [-0.25, -0.2) is 0 Å². The number of halogens is 1. The highest BCUT2D eigenvalue weighted by atomic mass is 35.5. The van der Waals surface area contributed by atoms with E-state index in [9.17, 15) is 9.59 Å². The van der Waals surface area contributed by atoms with Crippen LogP contribution in [0.1, 0.15) is 27.2 Å². The normalized spacial score (nSPS) is 13.8. The van der Waals surface area contributed by atoms with Gasteiger partial charge in [-0.15, -0.1) is 5.10 Å². The molecule has 2 aromatic rings. The summed E-state index contributed by atoms with van der Waals surface area (Å²) in [5, 5.41) is 7.97. The fourth-order valence-electron chi connectivity index (χ4n) is 2.57. The van der Waals surface area contributed by atoms with E-state index in [2.05, 4.69) is 10.2 Å². The number of benzene rings is 1. The van der Waals surface area contributed by atoms with Crippen molar-refractivity contribution >= 4 is 29.0 Å². The molecule has 6 heteroatoms. The van der Waals surface area contributed by atoms with Crippen LogP contribution in [0.25, 0.3) is 0 Å². The Balaban J connectivity index is 2.03. The van der Waals surface area contributed by atoms with Gasteiger partial charge in [0, 0.05) is 0 Å². The van der Waals surface area contributed by atoms with Gasteiger partial charge in [0.05, 0.1) is 23.5 Å². The smallest absolute Gasteiger partial charge is 0.298 e. The zero-order valence-corrected chi connectivity index (χ0v) is 12.3. The van der Waals surface area contributed by atoms with Crippen molar-refractivity contribution in [1.29, 1.82) is 0 Å². The molecule has 0 atom stereocenters. The van der Waals surface area contributed by atoms with Crippen LogP contribution < -0.4 is 4.90 Å². The first-order valence-electron chi connectivity index (χ1n) is 6.43. The second-order valence-electron chi connectivity index (χ2n) is 5.05. The minimum atomic E-state index is -0.532. The Bertz CT molecular complexity index is 756. The van der Waals surface area contributed by atoms with E-state index >= 15 is 0 Å². The van der Waals surface area contributed by atoms with Crippen molar-refractivity contribution in [2.45, 2.75) is 20.4 Å². The van der Waals surface area contributed by atoms with Gasteiger partial charge in [-0.05, 0) is 43.2 Å². The van der Waals surface area contributed by atoms with Gasteiger partial charge in [0.25, 0.3) is 11.7 Å². The number of carbonyl (C=O) groups excluding carboxylic acids is 2. The standard InChI is InChI=1S/C15H12ClN3O2/c1-8-5-9(2)13-11(6-8)14(20)15(21)19(13)7-10-3-4-12(16)18-17-10/h3-6H,7H2,1-2H3. The third-order valence-corrected chi connectivity index (χ3v) is 3.61. The van der Waals surface area contributed by atoms with Crippen LogP contribution in [0, 0.1) is 13.8 Å². The van der Waals surface area contributed by atoms with E-state index in [1.165, 1.54) is 4.90 Å². The number of rotatable bonds is 2. The molecule has 5 nitrogen and oxygen atoms in total. The molecule has 1 aromatic heterocycles. The largest absolute Gasteiger partial charge is 0.299 e. The molecule has 0 radical (unpaired) electrons. The number of nitrogens with zero attached hydrogens (tertiary/aromatic N) is 3. The molecule has 0 N–H and O–H groups in total. The Morgan fingerprint density at radius 1 is 1.14 bits per heavy atom. The van der Waals surface area contributed by atoms with E-state index in [0.29, 0.717) is 16.9 Å². The number of amides is 1. The van der Waals surface area contributed by atoms with Crippen LogP contribution in [0.4, 0.5) is 5.69 Å². The second-order valence-corrected chi connectivity index (χ2v) is 5.43. The summed E-state index contributed by atoms with van der Waals surface area (Å²) in [6.45, 7) is 3.99. The summed E-state index contributed by atoms with van der Waals surface area (Å²) >= 11 is 5.70. The number of ketones is 1. The summed E-state index contributed by atoms with van der Waals surface area (Å²) in [5.74, 6) is -1.01. The molecule has 106 valence electrons. The summed E-state index contributed by atoms with van der Waals surface area (Å²) in [5.41, 5.74) is 3.55. The Morgan fingerprint density at radius 2 is 1.90 bits per heavy atom. The molecule has 1 amide bonds. The third-order valence-electron chi connectivity index (χ3n) is 3.41. The highest BCUT2D eigenvalue weighted by molar-refractivity contribution is 6.52. The first kappa shape index (κ1) is 13.7. The summed E-state index contributed by atoms with van der Waals surface area (Å²) in [7, 11) is 0. The van der Waals surface area contributed by atoms with Gasteiger partial charge in [-0.1, -0.05) is 17.7 Å². The van der Waals surface area contributed by atoms with E-state index in [4.69, 9.17) is 11.6 Å². The Labute approximate surface area is 126 Å². The quantitative estimate of drug-likeness (QED) is 0.799. The van der Waals surface area contributed by atoms with Crippen molar-refractivity contribution in [3.05, 3.63) is 51.8 Å². The molecule has 2 heterocycles. The van der Waals surface area contributed by atoms with Crippen LogP contribution in [0.5, 0.6) is 0 Å². The molecule has 1 aliphatic rings. The maximum Gasteiger partial charge on any atom is 0.299 e. The number of aryl methyl sites for hydroxylation is 2. The van der Waals surface area contributed by atoms with E-state index in [-0.39, 0.29) is 11.7 Å². The zero-order valence-electron chi connectivity index (χ0n) is 11.6. The average Bonchev–Trinajstić information content (AvgIpc) is 2.67. The Hall–Kier alpha value is -2.27. The van der Waals surface area contributed by atoms with E-state index in [1.807, 2.05) is 19.9 Å². The van der Waals surface area contributed by atoms with Crippen LogP contribution in [-0.4, -0.2) is 21.9 Å². The van der Waals surface area contributed by atoms with Crippen molar-refractivity contribution in [3.63, 3.8) is 0 Å². The third kappa shape index (κ3) is 2.29. The molecule has 0 saturated heterocycles. The van der Waals surface area contributed by atoms with Gasteiger partial charge in [-0.3, -0.25) is 14.5 Å². The van der Waals surface area contributed by atoms with Crippen molar-refractivity contribution in [2.75, 3.05) is 4.90 Å². The first-order valence-corrected chi connectivity index (χ1v) is 6.80. The molecule has 0 spiro atoms. The Morgan fingerprint density at radius 3 is 2.57 bits per heavy atom. The number of hydrogen-bond acceptors (Lipinski definition) is 4. The lowest BCUT2D eigenvalue weighted by molar-refractivity contribution is -0.114. The maximum absolute atomic E-state index is 12.2. The average molecular weight is 302 g/mol. The van der Waals surface area contributed by atoms with Gasteiger partial charge < -0.3 is 0 Å². The molecule has 1 aliphatic heterocycles. The molecule has 3 rings (SSSR count). The minimum absolute atomic E-state index is 0.200. The SMILES string of the molecule is Cc1cc(C)c2c(c1)C(=O)C(=O)N2Cc1ccc(Cl)nn1. The van der Waals surface area contributed by atoms with Gasteiger partial charge >= 0.3 is 0 Å². The van der Waals surface area contributed by atoms with E-state index in [1.54, 1.807) is 18.2 Å². The number of Topliss-reactive ketones (excluding diaryl/α,β-unsaturated/α-hetero) is 1. The van der Waals surface area contributed by atoms with Gasteiger partial charge in [0.15, 0.2) is 5.15 Å². The molecule has 0 saturated carbocycles. The minimum Gasteiger partial charge on any atom is -0.298 e. The zero-order chi connectivity index (χ0) is 15.1. The molecule has 0 aliphatic carbocycles. The lowest BCUT2D eigenvalue weighted by atomic mass is 10.0. The van der Waals surface area contributed by atoms with Crippen molar-refractivity contribution < 1.29 is 9.59 Å². The van der Waals surface area contributed by atoms with E-state index < -0.39 is 11.7 Å². The molecular weight excluding hydrogens is 290 g/mol. The van der Waals surface area contributed by atoms with Crippen molar-refractivity contribution in [1.82, 2.24) is 10.2 Å². The second kappa shape index (κ2) is 4.93. The molecule has 1 aromatic carbocycles. The summed E-state index contributed by atoms with van der Waals surface area (Å²) in [4.78, 5) is 25.8. The topological polar surface area (TPSA) is 63.2 Å². The van der Waals surface area contributed by atoms with Crippen LogP contribution in [-0.2, 0) is 11.3 Å².